The molecule has 1 aliphatic heterocycles. The third kappa shape index (κ3) is 3.16. The average molecular weight is 187 g/mol. The van der Waals surface area contributed by atoms with E-state index in [0.29, 0.717) is 0 Å². The van der Waals surface area contributed by atoms with E-state index in [2.05, 4.69) is 12.2 Å². The predicted octanol–water partition coefficient (Wildman–Crippen LogP) is 1.79. The summed E-state index contributed by atoms with van der Waals surface area (Å²) in [7, 11) is 0. The number of nitrogens with zero attached hydrogens (tertiary/aromatic N) is 1. The van der Waals surface area contributed by atoms with Gasteiger partial charge in [0.15, 0.2) is 0 Å². The van der Waals surface area contributed by atoms with E-state index in [1.165, 1.54) is 12.8 Å². The Labute approximate surface area is 76.5 Å². The molecule has 0 saturated carbocycles. The van der Waals surface area contributed by atoms with Crippen LogP contribution >= 0.6 is 0 Å². The van der Waals surface area contributed by atoms with Crippen LogP contribution in [0, 0.1) is 5.92 Å². The minimum atomic E-state index is 0. The molecule has 0 aliphatic carbocycles. The molecule has 0 unspecified atom stereocenters. The molecular weight excluding hydrogens is 175 g/mol. The standard InChI is InChI=1S/C6H12N.Y/c1-6-2-4-7-5-3-6;/h6H,2-5H2,1H3;/q-1;+3. The molecule has 0 aromatic heterocycles. The molecule has 42 valence electrons. The molecular formula is C6H12NY+2. The number of hydrogen-bond acceptors (Lipinski definition) is 0. The van der Waals surface area contributed by atoms with Crippen LogP contribution in [0.1, 0.15) is 19.8 Å². The second-order valence-electron chi connectivity index (χ2n) is 2.35. The minimum absolute atomic E-state index is 0. The van der Waals surface area contributed by atoms with Crippen molar-refractivity contribution in [2.24, 2.45) is 5.92 Å². The molecule has 1 rings (SSSR count). The summed E-state index contributed by atoms with van der Waals surface area (Å²) < 4.78 is 0. The first-order valence-electron chi connectivity index (χ1n) is 3.03. The molecule has 1 fully saturated rings. The van der Waals surface area contributed by atoms with E-state index in [-0.39, 0.29) is 32.7 Å². The first-order valence-corrected chi connectivity index (χ1v) is 3.03. The normalized spacial score (nSPS) is 22.1. The Balaban J connectivity index is 0.000000490. The maximum atomic E-state index is 4.23. The van der Waals surface area contributed by atoms with Gasteiger partial charge < -0.3 is 5.32 Å². The van der Waals surface area contributed by atoms with Gasteiger partial charge in [-0.15, -0.1) is 13.1 Å². The molecule has 1 aliphatic rings. The van der Waals surface area contributed by atoms with E-state index in [1.807, 2.05) is 0 Å². The second kappa shape index (κ2) is 4.90. The maximum absolute atomic E-state index is 4.23. The van der Waals surface area contributed by atoms with Crippen LogP contribution in [-0.4, -0.2) is 13.1 Å². The third-order valence-electron chi connectivity index (χ3n) is 1.56. The van der Waals surface area contributed by atoms with E-state index in [1.54, 1.807) is 0 Å². The largest absolute Gasteiger partial charge is 3.00 e. The maximum Gasteiger partial charge on any atom is 3.00 e. The molecule has 0 bridgehead atoms. The second-order valence-corrected chi connectivity index (χ2v) is 2.35. The molecule has 0 aromatic carbocycles. The third-order valence-corrected chi connectivity index (χ3v) is 1.56. The summed E-state index contributed by atoms with van der Waals surface area (Å²) >= 11 is 0. The van der Waals surface area contributed by atoms with Crippen molar-refractivity contribution in [3.8, 4) is 0 Å². The summed E-state index contributed by atoms with van der Waals surface area (Å²) in [5.41, 5.74) is 0. The van der Waals surface area contributed by atoms with Gasteiger partial charge in [0.2, 0.25) is 0 Å². The first-order chi connectivity index (χ1) is 3.39. The summed E-state index contributed by atoms with van der Waals surface area (Å²) in [6.45, 7) is 4.52. The summed E-state index contributed by atoms with van der Waals surface area (Å²) in [6.07, 6.45) is 2.64. The van der Waals surface area contributed by atoms with Gasteiger partial charge in [-0.25, -0.2) is 0 Å². The molecule has 0 N–H and O–H groups in total. The minimum Gasteiger partial charge on any atom is -0.662 e. The van der Waals surface area contributed by atoms with Gasteiger partial charge in [-0.2, -0.15) is 0 Å². The fourth-order valence-electron chi connectivity index (χ4n) is 0.879. The van der Waals surface area contributed by atoms with E-state index >= 15 is 0 Å². The van der Waals surface area contributed by atoms with Gasteiger partial charge in [0, 0.05) is 0 Å². The van der Waals surface area contributed by atoms with Gasteiger partial charge in [-0.05, 0) is 5.92 Å². The quantitative estimate of drug-likeness (QED) is 0.548. The molecule has 0 spiro atoms. The molecule has 0 radical (unpaired) electrons. The van der Waals surface area contributed by atoms with Gasteiger partial charge >= 0.3 is 32.7 Å². The van der Waals surface area contributed by atoms with Crippen LogP contribution in [0.5, 0.6) is 0 Å². The van der Waals surface area contributed by atoms with Crippen molar-refractivity contribution in [3.63, 3.8) is 0 Å². The van der Waals surface area contributed by atoms with E-state index in [4.69, 9.17) is 0 Å². The zero-order valence-corrected chi connectivity index (χ0v) is 8.27. The van der Waals surface area contributed by atoms with Crippen LogP contribution in [0.3, 0.4) is 0 Å². The van der Waals surface area contributed by atoms with E-state index in [9.17, 15) is 0 Å². The van der Waals surface area contributed by atoms with Crippen LogP contribution in [0.4, 0.5) is 0 Å². The molecule has 2 heteroatoms. The Morgan fingerprint density at radius 2 is 1.75 bits per heavy atom. The first kappa shape index (κ1) is 9.06. The molecule has 0 amide bonds. The Kier molecular flexibility index (Phi) is 5.55. The SMILES string of the molecule is CC1CC[N-]CC1.[Y+3]. The molecule has 1 nitrogen and oxygen atoms in total. The van der Waals surface area contributed by atoms with Crippen molar-refractivity contribution in [3.05, 3.63) is 5.32 Å². The monoisotopic (exact) mass is 187 g/mol. The van der Waals surface area contributed by atoms with Crippen molar-refractivity contribution < 1.29 is 32.7 Å². The van der Waals surface area contributed by atoms with E-state index < -0.39 is 0 Å². The molecule has 1 saturated heterocycles. The summed E-state index contributed by atoms with van der Waals surface area (Å²) in [5, 5.41) is 4.23. The van der Waals surface area contributed by atoms with Gasteiger partial charge in [0.25, 0.3) is 0 Å². The van der Waals surface area contributed by atoms with Gasteiger partial charge in [0.1, 0.15) is 0 Å². The van der Waals surface area contributed by atoms with Crippen molar-refractivity contribution in [2.45, 2.75) is 19.8 Å². The molecule has 1 heterocycles. The Morgan fingerprint density at radius 3 is 2.00 bits per heavy atom. The zero-order valence-electron chi connectivity index (χ0n) is 5.43. The molecule has 0 aromatic rings. The topological polar surface area (TPSA) is 14.1 Å². The molecule has 0 atom stereocenters. The van der Waals surface area contributed by atoms with Gasteiger partial charge in [0.05, 0.1) is 0 Å². The molecule has 8 heavy (non-hydrogen) atoms. The fraction of sp³-hybridized carbons (Fsp3) is 1.00. The number of hydrogen-bond donors (Lipinski definition) is 0. The Morgan fingerprint density at radius 1 is 1.25 bits per heavy atom. The van der Waals surface area contributed by atoms with Crippen LogP contribution in [-0.2, 0) is 32.7 Å². The van der Waals surface area contributed by atoms with Crippen LogP contribution in [0.25, 0.3) is 5.32 Å². The van der Waals surface area contributed by atoms with Crippen LogP contribution < -0.4 is 0 Å². The number of piperidine rings is 1. The van der Waals surface area contributed by atoms with Crippen molar-refractivity contribution >= 4 is 0 Å². The summed E-state index contributed by atoms with van der Waals surface area (Å²) in [4.78, 5) is 0. The summed E-state index contributed by atoms with van der Waals surface area (Å²) in [6, 6.07) is 0. The van der Waals surface area contributed by atoms with Crippen molar-refractivity contribution in [1.82, 2.24) is 0 Å². The van der Waals surface area contributed by atoms with Gasteiger partial charge in [-0.1, -0.05) is 19.8 Å². The smallest absolute Gasteiger partial charge is 0.662 e. The number of rotatable bonds is 0. The summed E-state index contributed by atoms with van der Waals surface area (Å²) in [5.74, 6) is 0.942. The Hall–Kier alpha value is 1.06. The van der Waals surface area contributed by atoms with Gasteiger partial charge in [-0.3, -0.25) is 0 Å². The van der Waals surface area contributed by atoms with Crippen LogP contribution in [0.15, 0.2) is 0 Å². The van der Waals surface area contributed by atoms with E-state index in [0.717, 1.165) is 19.0 Å². The average Bonchev–Trinajstić information content (AvgIpc) is 1.69. The van der Waals surface area contributed by atoms with Crippen molar-refractivity contribution in [2.75, 3.05) is 13.1 Å². The zero-order chi connectivity index (χ0) is 5.11. The fourth-order valence-corrected chi connectivity index (χ4v) is 0.879. The van der Waals surface area contributed by atoms with Crippen LogP contribution in [0.2, 0.25) is 0 Å². The van der Waals surface area contributed by atoms with Crippen molar-refractivity contribution in [1.29, 1.82) is 0 Å². The Bertz CT molecular complexity index is 50.5. The predicted molar refractivity (Wildman–Crippen MR) is 31.5 cm³/mol.